The molecule has 1 heterocycles. The molecule has 14 heteroatoms. The van der Waals surface area contributed by atoms with Crippen LogP contribution in [-0.4, -0.2) is 53.1 Å². The first kappa shape index (κ1) is 37.5. The third-order valence-corrected chi connectivity index (χ3v) is 8.00. The van der Waals surface area contributed by atoms with E-state index < -0.39 is 77.2 Å². The van der Waals surface area contributed by atoms with Crippen LogP contribution in [0.15, 0.2) is 78.9 Å². The number of alkyl halides is 6. The van der Waals surface area contributed by atoms with Gasteiger partial charge >= 0.3 is 24.5 Å². The highest BCUT2D eigenvalue weighted by atomic mass is 19.4. The fourth-order valence-electron chi connectivity index (χ4n) is 5.55. The van der Waals surface area contributed by atoms with E-state index in [1.165, 1.54) is 11.8 Å². The van der Waals surface area contributed by atoms with Gasteiger partial charge in [-0.1, -0.05) is 60.7 Å². The molecule has 1 saturated heterocycles. The van der Waals surface area contributed by atoms with E-state index in [4.69, 9.17) is 14.2 Å². The Hall–Kier alpha value is -4.30. The van der Waals surface area contributed by atoms with Crippen LogP contribution in [0.25, 0.3) is 0 Å². The van der Waals surface area contributed by atoms with Gasteiger partial charge in [-0.05, 0) is 62.6 Å². The minimum atomic E-state index is -5.07. The van der Waals surface area contributed by atoms with Gasteiger partial charge in [-0.3, -0.25) is 4.90 Å². The Kier molecular flexibility index (Phi) is 11.2. The van der Waals surface area contributed by atoms with Crippen LogP contribution < -0.4 is 5.32 Å². The minimum Gasteiger partial charge on any atom is -0.445 e. The lowest BCUT2D eigenvalue weighted by Gasteiger charge is -2.51. The third-order valence-electron chi connectivity index (χ3n) is 8.00. The van der Waals surface area contributed by atoms with Crippen LogP contribution in [0.4, 0.5) is 35.9 Å². The second-order valence-corrected chi connectivity index (χ2v) is 12.9. The van der Waals surface area contributed by atoms with Crippen LogP contribution in [-0.2, 0) is 38.7 Å². The normalized spacial score (nSPS) is 20.8. The second kappa shape index (κ2) is 14.7. The Labute approximate surface area is 280 Å². The monoisotopic (exact) mass is 696 g/mol. The summed E-state index contributed by atoms with van der Waals surface area (Å²) in [6, 6.07) is 17.2. The Morgan fingerprint density at radius 3 is 2.00 bits per heavy atom. The van der Waals surface area contributed by atoms with E-state index >= 15 is 0 Å². The number of hydrogen-bond acceptors (Lipinski definition) is 6. The maximum atomic E-state index is 13.9. The first-order valence-electron chi connectivity index (χ1n) is 15.4. The fraction of sp³-hybridized carbons (Fsp3) is 0.429. The smallest absolute Gasteiger partial charge is 0.416 e. The highest BCUT2D eigenvalue weighted by Crippen LogP contribution is 2.42. The Morgan fingerprint density at radius 1 is 0.918 bits per heavy atom. The van der Waals surface area contributed by atoms with Gasteiger partial charge in [0, 0.05) is 13.0 Å². The molecule has 4 atom stereocenters. The van der Waals surface area contributed by atoms with Crippen molar-refractivity contribution in [3.05, 3.63) is 107 Å². The molecule has 8 nitrogen and oxygen atoms in total. The molecule has 0 unspecified atom stereocenters. The number of nitrogens with zero attached hydrogens (tertiary/aromatic N) is 1. The standard InChI is InChI=1S/C35H38F6N2O6/c1-22(24-15-26(34(36,37)38)17-27(16-24)35(39,40)41)48-21-33(25-13-9-6-10-14-25)18-29(44)28(42-30(45)49-32(2,3)4)19-43(33)31(46)47-20-23-11-7-5-8-12-23/h5-17,22,28-29,44H,18-21H2,1-4H3,(H,42,45)/t22-,28+,29+,33-/m1/s1. The molecule has 2 amide bonds. The summed E-state index contributed by atoms with van der Waals surface area (Å²) in [6.45, 7) is 5.30. The second-order valence-electron chi connectivity index (χ2n) is 12.9. The molecule has 0 radical (unpaired) electrons. The van der Waals surface area contributed by atoms with Crippen molar-refractivity contribution in [3.63, 3.8) is 0 Å². The SMILES string of the molecule is C[C@@H](OC[C@@]1(c2ccccc2)C[C@H](O)[C@@H](NC(=O)OC(C)(C)C)CN1C(=O)OCc1ccccc1)c1cc(C(F)(F)F)cc(C(F)(F)F)c1. The van der Waals surface area contributed by atoms with E-state index in [-0.39, 0.29) is 25.6 Å². The maximum absolute atomic E-state index is 13.9. The number of aliphatic hydroxyl groups excluding tert-OH is 1. The number of nitrogens with one attached hydrogen (secondary N) is 1. The zero-order valence-electron chi connectivity index (χ0n) is 27.3. The summed E-state index contributed by atoms with van der Waals surface area (Å²) in [6.07, 6.45) is -14.8. The van der Waals surface area contributed by atoms with Crippen molar-refractivity contribution < 1.29 is 55.2 Å². The van der Waals surface area contributed by atoms with Gasteiger partial charge in [-0.25, -0.2) is 9.59 Å². The number of carbonyl (C=O) groups is 2. The zero-order valence-corrected chi connectivity index (χ0v) is 27.3. The number of hydrogen-bond donors (Lipinski definition) is 2. The Morgan fingerprint density at radius 2 is 1.47 bits per heavy atom. The molecule has 3 aromatic carbocycles. The fourth-order valence-corrected chi connectivity index (χ4v) is 5.55. The quantitative estimate of drug-likeness (QED) is 0.232. The average Bonchev–Trinajstić information content (AvgIpc) is 3.02. The average molecular weight is 697 g/mol. The van der Waals surface area contributed by atoms with Gasteiger partial charge in [0.2, 0.25) is 0 Å². The number of ether oxygens (including phenoxy) is 3. The van der Waals surface area contributed by atoms with Crippen LogP contribution in [0, 0.1) is 0 Å². The zero-order chi connectivity index (χ0) is 36.2. The van der Waals surface area contributed by atoms with Crippen molar-refractivity contribution in [2.45, 2.75) is 82.5 Å². The number of rotatable bonds is 8. The molecule has 0 bridgehead atoms. The van der Waals surface area contributed by atoms with Gasteiger partial charge in [0.15, 0.2) is 0 Å². The molecule has 1 aliphatic rings. The number of halogens is 6. The van der Waals surface area contributed by atoms with E-state index in [0.29, 0.717) is 23.3 Å². The van der Waals surface area contributed by atoms with E-state index in [1.807, 2.05) is 0 Å². The number of likely N-dealkylation sites (tertiary alicyclic amines) is 1. The lowest BCUT2D eigenvalue weighted by Crippen LogP contribution is -2.66. The van der Waals surface area contributed by atoms with Crippen molar-refractivity contribution in [1.29, 1.82) is 0 Å². The molecule has 0 aliphatic carbocycles. The Balaban J connectivity index is 1.72. The summed E-state index contributed by atoms with van der Waals surface area (Å²) in [5.41, 5.74) is -4.72. The number of alkyl carbamates (subject to hydrolysis) is 1. The lowest BCUT2D eigenvalue weighted by atomic mass is 9.78. The first-order chi connectivity index (χ1) is 22.8. The summed E-state index contributed by atoms with van der Waals surface area (Å²) in [5.74, 6) is 0. The van der Waals surface area contributed by atoms with Gasteiger partial charge in [0.25, 0.3) is 0 Å². The number of carbonyl (C=O) groups excluding carboxylic acids is 2. The van der Waals surface area contributed by atoms with Gasteiger partial charge in [0.1, 0.15) is 12.2 Å². The van der Waals surface area contributed by atoms with Gasteiger partial charge < -0.3 is 24.6 Å². The highest BCUT2D eigenvalue weighted by molar-refractivity contribution is 5.71. The number of amides is 2. The predicted molar refractivity (Wildman–Crippen MR) is 166 cm³/mol. The van der Waals surface area contributed by atoms with Crippen molar-refractivity contribution in [2.24, 2.45) is 0 Å². The Bertz CT molecular complexity index is 1550. The summed E-state index contributed by atoms with van der Waals surface area (Å²) < 4.78 is 98.8. The molecule has 1 aliphatic heterocycles. The molecule has 266 valence electrons. The molecule has 4 rings (SSSR count). The van der Waals surface area contributed by atoms with Crippen LogP contribution in [0.3, 0.4) is 0 Å². The van der Waals surface area contributed by atoms with Crippen molar-refractivity contribution in [2.75, 3.05) is 13.2 Å². The van der Waals surface area contributed by atoms with Gasteiger partial charge in [0.05, 0.1) is 41.5 Å². The topological polar surface area (TPSA) is 97.3 Å². The number of piperidine rings is 1. The van der Waals surface area contributed by atoms with E-state index in [1.54, 1.807) is 81.4 Å². The van der Waals surface area contributed by atoms with Gasteiger partial charge in [-0.15, -0.1) is 0 Å². The molecule has 0 aromatic heterocycles. The minimum absolute atomic E-state index is 0.0292. The third kappa shape index (κ3) is 9.66. The van der Waals surface area contributed by atoms with Crippen molar-refractivity contribution in [3.8, 4) is 0 Å². The van der Waals surface area contributed by atoms with Crippen LogP contribution in [0.1, 0.15) is 68.0 Å². The molecule has 3 aromatic rings. The summed E-state index contributed by atoms with van der Waals surface area (Å²) in [4.78, 5) is 27.9. The molecular weight excluding hydrogens is 658 g/mol. The number of benzene rings is 3. The van der Waals surface area contributed by atoms with Crippen molar-refractivity contribution in [1.82, 2.24) is 10.2 Å². The molecule has 1 fully saturated rings. The van der Waals surface area contributed by atoms with E-state index in [2.05, 4.69) is 5.32 Å². The molecule has 49 heavy (non-hydrogen) atoms. The van der Waals surface area contributed by atoms with E-state index in [9.17, 15) is 41.0 Å². The van der Waals surface area contributed by atoms with Gasteiger partial charge in [-0.2, -0.15) is 26.3 Å². The molecule has 0 saturated carbocycles. The summed E-state index contributed by atoms with van der Waals surface area (Å²) in [7, 11) is 0. The predicted octanol–water partition coefficient (Wildman–Crippen LogP) is 7.99. The maximum Gasteiger partial charge on any atom is 0.416 e. The largest absolute Gasteiger partial charge is 0.445 e. The number of aliphatic hydroxyl groups is 1. The van der Waals surface area contributed by atoms with Crippen molar-refractivity contribution >= 4 is 12.2 Å². The summed E-state index contributed by atoms with van der Waals surface area (Å²) >= 11 is 0. The molecule has 0 spiro atoms. The van der Waals surface area contributed by atoms with Crippen LogP contribution >= 0.6 is 0 Å². The van der Waals surface area contributed by atoms with E-state index in [0.717, 1.165) is 0 Å². The van der Waals surface area contributed by atoms with Crippen LogP contribution in [0.5, 0.6) is 0 Å². The van der Waals surface area contributed by atoms with Crippen LogP contribution in [0.2, 0.25) is 0 Å². The first-order valence-corrected chi connectivity index (χ1v) is 15.4. The highest BCUT2D eigenvalue weighted by Gasteiger charge is 2.51. The molecule has 2 N–H and O–H groups in total. The lowest BCUT2D eigenvalue weighted by molar-refractivity contribution is -0.143. The summed E-state index contributed by atoms with van der Waals surface area (Å²) in [5, 5.41) is 14.0. The molecular formula is C35H38F6N2O6.